The lowest BCUT2D eigenvalue weighted by Crippen LogP contribution is -2.10. The van der Waals surface area contributed by atoms with Gasteiger partial charge in [0, 0.05) is 17.2 Å². The Morgan fingerprint density at radius 2 is 2.20 bits per heavy atom. The summed E-state index contributed by atoms with van der Waals surface area (Å²) in [4.78, 5) is 0. The maximum absolute atomic E-state index is 13.3. The van der Waals surface area contributed by atoms with Gasteiger partial charge >= 0.3 is 0 Å². The van der Waals surface area contributed by atoms with Gasteiger partial charge in [-0.1, -0.05) is 23.7 Å². The van der Waals surface area contributed by atoms with Gasteiger partial charge in [0.25, 0.3) is 0 Å². The molecule has 1 aliphatic heterocycles. The van der Waals surface area contributed by atoms with Gasteiger partial charge in [-0.05, 0) is 18.2 Å². The van der Waals surface area contributed by atoms with Gasteiger partial charge in [0.05, 0.1) is 11.1 Å². The van der Waals surface area contributed by atoms with Crippen LogP contribution in [0.1, 0.15) is 17.2 Å². The van der Waals surface area contributed by atoms with E-state index in [2.05, 4.69) is 0 Å². The summed E-state index contributed by atoms with van der Waals surface area (Å²) in [6.45, 7) is 0.677. The highest BCUT2D eigenvalue weighted by Gasteiger charge is 2.20. The molecular formula is C15H13ClFNO2. The largest absolute Gasteiger partial charge is 0.491 e. The van der Waals surface area contributed by atoms with E-state index in [0.29, 0.717) is 17.9 Å². The molecule has 20 heavy (non-hydrogen) atoms. The van der Waals surface area contributed by atoms with Crippen LogP contribution >= 0.6 is 11.6 Å². The first-order valence-electron chi connectivity index (χ1n) is 6.23. The molecular weight excluding hydrogens is 281 g/mol. The van der Waals surface area contributed by atoms with Crippen molar-refractivity contribution in [3.8, 4) is 11.5 Å². The van der Waals surface area contributed by atoms with Crippen molar-refractivity contribution in [1.29, 1.82) is 0 Å². The predicted molar refractivity (Wildman–Crippen MR) is 74.6 cm³/mol. The van der Waals surface area contributed by atoms with E-state index in [0.717, 1.165) is 11.3 Å². The van der Waals surface area contributed by atoms with Crippen molar-refractivity contribution < 1.29 is 13.9 Å². The third-order valence-corrected chi connectivity index (χ3v) is 3.65. The summed E-state index contributed by atoms with van der Waals surface area (Å²) < 4.78 is 24.4. The summed E-state index contributed by atoms with van der Waals surface area (Å²) in [5.74, 6) is 0.926. The molecule has 0 aliphatic carbocycles. The van der Waals surface area contributed by atoms with Gasteiger partial charge in [-0.15, -0.1) is 0 Å². The molecule has 1 unspecified atom stereocenters. The van der Waals surface area contributed by atoms with Crippen LogP contribution in [0.5, 0.6) is 11.5 Å². The zero-order chi connectivity index (χ0) is 14.1. The fourth-order valence-corrected chi connectivity index (χ4v) is 2.31. The highest BCUT2D eigenvalue weighted by atomic mass is 35.5. The standard InChI is InChI=1S/C15H13ClFNO2/c16-15-9(2-1-3-12(15)17)7-19-10-4-5-11-13(18)8-20-14(11)6-10/h1-6,13H,7-8,18H2. The van der Waals surface area contributed by atoms with Crippen LogP contribution in [-0.2, 0) is 6.61 Å². The van der Waals surface area contributed by atoms with E-state index >= 15 is 0 Å². The first kappa shape index (κ1) is 13.2. The molecule has 0 spiro atoms. The van der Waals surface area contributed by atoms with Crippen LogP contribution < -0.4 is 15.2 Å². The topological polar surface area (TPSA) is 44.5 Å². The van der Waals surface area contributed by atoms with Gasteiger partial charge in [-0.2, -0.15) is 0 Å². The lowest BCUT2D eigenvalue weighted by atomic mass is 10.1. The van der Waals surface area contributed by atoms with E-state index in [1.54, 1.807) is 18.2 Å². The number of hydrogen-bond donors (Lipinski definition) is 1. The van der Waals surface area contributed by atoms with Gasteiger partial charge in [0.2, 0.25) is 0 Å². The van der Waals surface area contributed by atoms with Crippen molar-refractivity contribution in [2.75, 3.05) is 6.61 Å². The highest BCUT2D eigenvalue weighted by Crippen LogP contribution is 2.34. The van der Waals surface area contributed by atoms with E-state index in [1.807, 2.05) is 12.1 Å². The van der Waals surface area contributed by atoms with Crippen LogP contribution in [0.15, 0.2) is 36.4 Å². The zero-order valence-electron chi connectivity index (χ0n) is 10.6. The summed E-state index contributed by atoms with van der Waals surface area (Å²) in [5.41, 5.74) is 7.45. The monoisotopic (exact) mass is 293 g/mol. The smallest absolute Gasteiger partial charge is 0.142 e. The van der Waals surface area contributed by atoms with Crippen molar-refractivity contribution in [2.45, 2.75) is 12.6 Å². The van der Waals surface area contributed by atoms with Crippen molar-refractivity contribution in [2.24, 2.45) is 5.73 Å². The van der Waals surface area contributed by atoms with Crippen molar-refractivity contribution in [3.05, 3.63) is 58.4 Å². The van der Waals surface area contributed by atoms with Gasteiger partial charge in [-0.25, -0.2) is 4.39 Å². The fraction of sp³-hybridized carbons (Fsp3) is 0.200. The predicted octanol–water partition coefficient (Wildman–Crippen LogP) is 3.45. The van der Waals surface area contributed by atoms with Crippen molar-refractivity contribution in [3.63, 3.8) is 0 Å². The number of ether oxygens (including phenoxy) is 2. The van der Waals surface area contributed by atoms with E-state index in [4.69, 9.17) is 26.8 Å². The SMILES string of the molecule is NC1COc2cc(OCc3cccc(F)c3Cl)ccc21. The number of halogens is 2. The van der Waals surface area contributed by atoms with Gasteiger partial charge < -0.3 is 15.2 Å². The zero-order valence-corrected chi connectivity index (χ0v) is 11.4. The Morgan fingerprint density at radius 1 is 1.35 bits per heavy atom. The summed E-state index contributed by atoms with van der Waals surface area (Å²) in [7, 11) is 0. The minimum absolute atomic E-state index is 0.0864. The molecule has 104 valence electrons. The second kappa shape index (κ2) is 5.31. The van der Waals surface area contributed by atoms with Crippen LogP contribution in [0.4, 0.5) is 4.39 Å². The first-order valence-corrected chi connectivity index (χ1v) is 6.61. The van der Waals surface area contributed by atoms with Crippen LogP contribution in [0, 0.1) is 5.82 Å². The molecule has 2 aromatic rings. The lowest BCUT2D eigenvalue weighted by molar-refractivity contribution is 0.300. The van der Waals surface area contributed by atoms with E-state index < -0.39 is 5.82 Å². The minimum Gasteiger partial charge on any atom is -0.491 e. The molecule has 0 fully saturated rings. The van der Waals surface area contributed by atoms with Crippen LogP contribution in [0.25, 0.3) is 0 Å². The van der Waals surface area contributed by atoms with Gasteiger partial charge in [-0.3, -0.25) is 0 Å². The summed E-state index contributed by atoms with van der Waals surface area (Å²) in [6, 6.07) is 10.1. The van der Waals surface area contributed by atoms with Crippen molar-refractivity contribution in [1.82, 2.24) is 0 Å². The third kappa shape index (κ3) is 2.44. The Balaban J connectivity index is 1.74. The average molecular weight is 294 g/mol. The summed E-state index contributed by atoms with van der Waals surface area (Å²) >= 11 is 5.88. The normalized spacial score (nSPS) is 16.6. The Kier molecular flexibility index (Phi) is 3.51. The molecule has 3 nitrogen and oxygen atoms in total. The second-order valence-electron chi connectivity index (χ2n) is 4.62. The second-order valence-corrected chi connectivity index (χ2v) is 5.00. The highest BCUT2D eigenvalue weighted by molar-refractivity contribution is 6.31. The van der Waals surface area contributed by atoms with Crippen LogP contribution in [0.3, 0.4) is 0 Å². The van der Waals surface area contributed by atoms with Crippen LogP contribution in [-0.4, -0.2) is 6.61 Å². The van der Waals surface area contributed by atoms with Gasteiger partial charge in [0.15, 0.2) is 0 Å². The third-order valence-electron chi connectivity index (χ3n) is 3.23. The number of hydrogen-bond acceptors (Lipinski definition) is 3. The number of benzene rings is 2. The molecule has 5 heteroatoms. The molecule has 3 rings (SSSR count). The molecule has 0 saturated heterocycles. The Hall–Kier alpha value is -1.78. The molecule has 1 aliphatic rings. The maximum Gasteiger partial charge on any atom is 0.142 e. The number of rotatable bonds is 3. The van der Waals surface area contributed by atoms with E-state index in [9.17, 15) is 4.39 Å². The lowest BCUT2D eigenvalue weighted by Gasteiger charge is -2.09. The van der Waals surface area contributed by atoms with Crippen molar-refractivity contribution >= 4 is 11.6 Å². The van der Waals surface area contributed by atoms with E-state index in [-0.39, 0.29) is 17.7 Å². The summed E-state index contributed by atoms with van der Waals surface area (Å²) in [6.07, 6.45) is 0. The quantitative estimate of drug-likeness (QED) is 0.942. The molecule has 0 aromatic heterocycles. The Labute approximate surface area is 121 Å². The molecule has 0 bridgehead atoms. The Morgan fingerprint density at radius 3 is 3.05 bits per heavy atom. The Bertz CT molecular complexity index is 648. The van der Waals surface area contributed by atoms with Gasteiger partial charge in [0.1, 0.15) is 30.5 Å². The maximum atomic E-state index is 13.3. The molecule has 2 aromatic carbocycles. The molecule has 2 N–H and O–H groups in total. The molecule has 0 amide bonds. The number of nitrogens with two attached hydrogens (primary N) is 1. The molecule has 1 atom stereocenters. The molecule has 0 saturated carbocycles. The minimum atomic E-state index is -0.448. The molecule has 1 heterocycles. The summed E-state index contributed by atoms with van der Waals surface area (Å²) in [5, 5.41) is 0.0898. The first-order chi connectivity index (χ1) is 9.65. The van der Waals surface area contributed by atoms with E-state index in [1.165, 1.54) is 6.07 Å². The van der Waals surface area contributed by atoms with Crippen LogP contribution in [0.2, 0.25) is 5.02 Å². The average Bonchev–Trinajstić information content (AvgIpc) is 2.82. The molecule has 0 radical (unpaired) electrons. The number of fused-ring (bicyclic) bond motifs is 1. The fourth-order valence-electron chi connectivity index (χ4n) is 2.13.